The maximum Gasteiger partial charge on any atom is 0.306 e. The van der Waals surface area contributed by atoms with E-state index in [-0.39, 0.29) is 18.2 Å². The van der Waals surface area contributed by atoms with Gasteiger partial charge in [0.25, 0.3) is 0 Å². The summed E-state index contributed by atoms with van der Waals surface area (Å²) in [6.07, 6.45) is 7.00. The number of ether oxygens (including phenoxy) is 1. The van der Waals surface area contributed by atoms with Crippen molar-refractivity contribution in [2.45, 2.75) is 57.1 Å². The Bertz CT molecular complexity index is 247. The lowest BCUT2D eigenvalue weighted by Gasteiger charge is -2.20. The normalized spacial score (nSPS) is 16.8. The Morgan fingerprint density at radius 3 is 2.53 bits per heavy atom. The number of thioether (sulfide) groups is 1. The van der Waals surface area contributed by atoms with Crippen LogP contribution in [0.1, 0.15) is 51.9 Å². The monoisotopic (exact) mass is 258 g/mol. The van der Waals surface area contributed by atoms with Gasteiger partial charge in [0, 0.05) is 11.7 Å². The van der Waals surface area contributed by atoms with Gasteiger partial charge in [-0.25, -0.2) is 0 Å². The van der Waals surface area contributed by atoms with E-state index in [1.165, 1.54) is 32.1 Å². The zero-order valence-corrected chi connectivity index (χ0v) is 11.4. The Kier molecular flexibility index (Phi) is 7.33. The smallest absolute Gasteiger partial charge is 0.306 e. The molecule has 1 aliphatic rings. The molecule has 0 aromatic rings. The lowest BCUT2D eigenvalue weighted by Crippen LogP contribution is -2.13. The lowest BCUT2D eigenvalue weighted by molar-refractivity contribution is -0.144. The molecule has 0 bridgehead atoms. The topological polar surface area (TPSA) is 43.4 Å². The van der Waals surface area contributed by atoms with Gasteiger partial charge in [0.2, 0.25) is 0 Å². The summed E-state index contributed by atoms with van der Waals surface area (Å²) in [4.78, 5) is 22.6. The van der Waals surface area contributed by atoms with Gasteiger partial charge in [-0.15, -0.1) is 0 Å². The molecule has 1 saturated carbocycles. The summed E-state index contributed by atoms with van der Waals surface area (Å²) >= 11 is 1.77. The summed E-state index contributed by atoms with van der Waals surface area (Å²) in [7, 11) is 0. The van der Waals surface area contributed by atoms with Gasteiger partial charge in [-0.05, 0) is 19.8 Å². The molecule has 17 heavy (non-hydrogen) atoms. The number of ketones is 1. The number of carbonyl (C=O) groups is 2. The Balaban J connectivity index is 2.06. The summed E-state index contributed by atoms with van der Waals surface area (Å²) in [5.41, 5.74) is 0. The fraction of sp³-hybridized carbons (Fsp3) is 0.846. The zero-order chi connectivity index (χ0) is 12.5. The number of rotatable bonds is 7. The van der Waals surface area contributed by atoms with E-state index in [4.69, 9.17) is 4.74 Å². The molecule has 0 amide bonds. The fourth-order valence-corrected chi connectivity index (χ4v) is 3.22. The molecule has 3 nitrogen and oxygen atoms in total. The van der Waals surface area contributed by atoms with E-state index >= 15 is 0 Å². The minimum absolute atomic E-state index is 0.175. The van der Waals surface area contributed by atoms with Crippen molar-refractivity contribution < 1.29 is 14.3 Å². The largest absolute Gasteiger partial charge is 0.466 e. The average Bonchev–Trinajstić information content (AvgIpc) is 2.35. The van der Waals surface area contributed by atoms with Crippen LogP contribution in [0.3, 0.4) is 0 Å². The Morgan fingerprint density at radius 1 is 1.18 bits per heavy atom. The molecule has 0 N–H and O–H groups in total. The van der Waals surface area contributed by atoms with Crippen molar-refractivity contribution in [1.82, 2.24) is 0 Å². The summed E-state index contributed by atoms with van der Waals surface area (Å²) in [6.45, 7) is 2.17. The standard InChI is InChI=1S/C13H22O3S/c1-2-16-13(15)9-8-11(14)10-17-12-6-4-3-5-7-12/h12H,2-10H2,1H3. The van der Waals surface area contributed by atoms with E-state index < -0.39 is 0 Å². The van der Waals surface area contributed by atoms with Gasteiger partial charge >= 0.3 is 5.97 Å². The second-order valence-corrected chi connectivity index (χ2v) is 5.70. The Morgan fingerprint density at radius 2 is 1.88 bits per heavy atom. The van der Waals surface area contributed by atoms with E-state index in [0.29, 0.717) is 24.0 Å². The van der Waals surface area contributed by atoms with E-state index in [2.05, 4.69) is 0 Å². The second-order valence-electron chi connectivity index (χ2n) is 4.41. The molecule has 0 spiro atoms. The lowest BCUT2D eigenvalue weighted by atomic mass is 10.0. The van der Waals surface area contributed by atoms with E-state index in [9.17, 15) is 9.59 Å². The number of carbonyl (C=O) groups excluding carboxylic acids is 2. The first kappa shape index (κ1) is 14.6. The Labute approximate surface area is 108 Å². The zero-order valence-electron chi connectivity index (χ0n) is 10.6. The number of hydrogen-bond acceptors (Lipinski definition) is 4. The van der Waals surface area contributed by atoms with Crippen LogP contribution in [-0.2, 0) is 14.3 Å². The first-order chi connectivity index (χ1) is 8.22. The van der Waals surface area contributed by atoms with Crippen LogP contribution in [0, 0.1) is 0 Å². The first-order valence-corrected chi connectivity index (χ1v) is 7.56. The van der Waals surface area contributed by atoms with E-state index in [1.807, 2.05) is 0 Å². The second kappa shape index (κ2) is 8.56. The van der Waals surface area contributed by atoms with Gasteiger partial charge in [-0.1, -0.05) is 19.3 Å². The summed E-state index contributed by atoms with van der Waals surface area (Å²) in [5.74, 6) is 0.474. The van der Waals surface area contributed by atoms with Gasteiger partial charge < -0.3 is 4.74 Å². The van der Waals surface area contributed by atoms with Gasteiger partial charge in [-0.2, -0.15) is 11.8 Å². The van der Waals surface area contributed by atoms with Crippen molar-refractivity contribution >= 4 is 23.5 Å². The summed E-state index contributed by atoms with van der Waals surface area (Å²) in [6, 6.07) is 0. The van der Waals surface area contributed by atoms with Gasteiger partial charge in [0.1, 0.15) is 5.78 Å². The van der Waals surface area contributed by atoms with Gasteiger partial charge in [0.05, 0.1) is 18.8 Å². The third-order valence-electron chi connectivity index (χ3n) is 2.95. The maximum atomic E-state index is 11.6. The predicted octanol–water partition coefficient (Wildman–Crippen LogP) is 2.96. The van der Waals surface area contributed by atoms with E-state index in [1.54, 1.807) is 18.7 Å². The molecule has 4 heteroatoms. The molecular weight excluding hydrogens is 236 g/mol. The van der Waals surface area contributed by atoms with Crippen molar-refractivity contribution in [1.29, 1.82) is 0 Å². The minimum atomic E-state index is -0.261. The highest BCUT2D eigenvalue weighted by Crippen LogP contribution is 2.28. The van der Waals surface area contributed by atoms with Crippen LogP contribution < -0.4 is 0 Å². The molecule has 0 unspecified atom stereocenters. The SMILES string of the molecule is CCOC(=O)CCC(=O)CSC1CCCCC1. The van der Waals surface area contributed by atoms with Crippen LogP contribution >= 0.6 is 11.8 Å². The van der Waals surface area contributed by atoms with Crippen molar-refractivity contribution in [3.05, 3.63) is 0 Å². The predicted molar refractivity (Wildman–Crippen MR) is 70.2 cm³/mol. The molecule has 0 atom stereocenters. The van der Waals surface area contributed by atoms with Crippen LogP contribution in [0.2, 0.25) is 0 Å². The third-order valence-corrected chi connectivity index (χ3v) is 4.38. The van der Waals surface area contributed by atoms with Crippen molar-refractivity contribution in [3.63, 3.8) is 0 Å². The molecule has 0 radical (unpaired) electrons. The van der Waals surface area contributed by atoms with Gasteiger partial charge in [-0.3, -0.25) is 9.59 Å². The molecule has 1 fully saturated rings. The highest BCUT2D eigenvalue weighted by molar-refractivity contribution is 8.00. The van der Waals surface area contributed by atoms with Crippen LogP contribution in [-0.4, -0.2) is 29.4 Å². The molecule has 0 aliphatic heterocycles. The molecule has 98 valence electrons. The molecule has 0 heterocycles. The molecular formula is C13H22O3S. The first-order valence-electron chi connectivity index (χ1n) is 6.51. The quantitative estimate of drug-likeness (QED) is 0.658. The molecule has 1 aliphatic carbocycles. The number of Topliss-reactive ketones (excluding diaryl/α,β-unsaturated/α-hetero) is 1. The van der Waals surface area contributed by atoms with Crippen LogP contribution in [0.4, 0.5) is 0 Å². The maximum absolute atomic E-state index is 11.6. The number of hydrogen-bond donors (Lipinski definition) is 0. The highest BCUT2D eigenvalue weighted by atomic mass is 32.2. The molecule has 0 aromatic carbocycles. The van der Waals surface area contributed by atoms with Crippen molar-refractivity contribution in [3.8, 4) is 0 Å². The summed E-state index contributed by atoms with van der Waals surface area (Å²) < 4.78 is 4.79. The average molecular weight is 258 g/mol. The molecule has 0 aromatic heterocycles. The van der Waals surface area contributed by atoms with Crippen LogP contribution in [0.15, 0.2) is 0 Å². The minimum Gasteiger partial charge on any atom is -0.466 e. The Hall–Kier alpha value is -0.510. The van der Waals surface area contributed by atoms with Crippen LogP contribution in [0.5, 0.6) is 0 Å². The highest BCUT2D eigenvalue weighted by Gasteiger charge is 2.15. The molecule has 0 saturated heterocycles. The molecule has 1 rings (SSSR count). The third kappa shape index (κ3) is 6.71. The van der Waals surface area contributed by atoms with Crippen molar-refractivity contribution in [2.24, 2.45) is 0 Å². The van der Waals surface area contributed by atoms with Crippen LogP contribution in [0.25, 0.3) is 0 Å². The van der Waals surface area contributed by atoms with Crippen molar-refractivity contribution in [2.75, 3.05) is 12.4 Å². The summed E-state index contributed by atoms with van der Waals surface area (Å²) in [5, 5.41) is 0.662. The number of esters is 1. The van der Waals surface area contributed by atoms with Gasteiger partial charge in [0.15, 0.2) is 0 Å². The fourth-order valence-electron chi connectivity index (χ4n) is 1.99. The van der Waals surface area contributed by atoms with E-state index in [0.717, 1.165) is 0 Å².